The molecule has 2 aromatic heterocycles. The Balaban J connectivity index is 1.63. The van der Waals surface area contributed by atoms with Gasteiger partial charge in [0.2, 0.25) is 15.8 Å². The summed E-state index contributed by atoms with van der Waals surface area (Å²) >= 11 is 0. The molecular weight excluding hydrogens is 432 g/mol. The van der Waals surface area contributed by atoms with Gasteiger partial charge in [0.15, 0.2) is 5.69 Å². The summed E-state index contributed by atoms with van der Waals surface area (Å²) in [5, 5.41) is 17.6. The van der Waals surface area contributed by atoms with Crippen LogP contribution in [0.25, 0.3) is 28.7 Å². The van der Waals surface area contributed by atoms with Crippen LogP contribution in [0.2, 0.25) is 0 Å². The highest BCUT2D eigenvalue weighted by Gasteiger charge is 2.21. The lowest BCUT2D eigenvalue weighted by Crippen LogP contribution is -2.11. The highest BCUT2D eigenvalue weighted by atomic mass is 32.2. The molecule has 0 aliphatic carbocycles. The monoisotopic (exact) mass is 454 g/mol. The maximum Gasteiger partial charge on any atom is 0.280 e. The Labute approximate surface area is 185 Å². The molecule has 2 N–H and O–H groups in total. The zero-order valence-corrected chi connectivity index (χ0v) is 18.6. The summed E-state index contributed by atoms with van der Waals surface area (Å²) in [5.74, 6) is 1.29. The van der Waals surface area contributed by atoms with Crippen LogP contribution in [-0.2, 0) is 16.4 Å². The van der Waals surface area contributed by atoms with Crippen molar-refractivity contribution >= 4 is 10.0 Å². The fourth-order valence-electron chi connectivity index (χ4n) is 3.16. The largest absolute Gasteiger partial charge is 0.491 e. The van der Waals surface area contributed by atoms with E-state index in [1.54, 1.807) is 16.8 Å². The van der Waals surface area contributed by atoms with E-state index in [4.69, 9.17) is 14.4 Å². The fraction of sp³-hybridized carbons (Fsp3) is 0.238. The number of hydrogen-bond donors (Lipinski definition) is 1. The molecule has 0 aliphatic heterocycles. The smallest absolute Gasteiger partial charge is 0.280 e. The zero-order chi connectivity index (χ0) is 22.9. The number of benzene rings is 2. The SMILES string of the molecule is CCc1c(-c2nc(-c3ccc(S(N)(=O)=O)cc3)no2)nnn1-c1ccc(OC(C)C)cc1. The van der Waals surface area contributed by atoms with E-state index in [9.17, 15) is 8.42 Å². The normalized spacial score (nSPS) is 11.8. The van der Waals surface area contributed by atoms with Crippen LogP contribution in [0.15, 0.2) is 57.9 Å². The van der Waals surface area contributed by atoms with Crippen molar-refractivity contribution in [2.45, 2.75) is 38.2 Å². The first-order valence-electron chi connectivity index (χ1n) is 9.95. The van der Waals surface area contributed by atoms with Gasteiger partial charge in [0, 0.05) is 5.56 Å². The highest BCUT2D eigenvalue weighted by molar-refractivity contribution is 7.89. The van der Waals surface area contributed by atoms with Crippen LogP contribution in [0.3, 0.4) is 0 Å². The average molecular weight is 455 g/mol. The van der Waals surface area contributed by atoms with E-state index in [1.807, 2.05) is 45.0 Å². The molecule has 2 aromatic carbocycles. The van der Waals surface area contributed by atoms with Crippen LogP contribution >= 0.6 is 0 Å². The van der Waals surface area contributed by atoms with Crippen molar-refractivity contribution in [1.82, 2.24) is 25.1 Å². The average Bonchev–Trinajstić information content (AvgIpc) is 3.40. The maximum absolute atomic E-state index is 11.4. The number of rotatable bonds is 7. The van der Waals surface area contributed by atoms with Gasteiger partial charge >= 0.3 is 0 Å². The van der Waals surface area contributed by atoms with E-state index in [0.717, 1.165) is 17.1 Å². The Bertz CT molecular complexity index is 1330. The lowest BCUT2D eigenvalue weighted by Gasteiger charge is -2.10. The van der Waals surface area contributed by atoms with Crippen molar-refractivity contribution in [3.05, 3.63) is 54.2 Å². The summed E-state index contributed by atoms with van der Waals surface area (Å²) in [6.07, 6.45) is 0.723. The molecule has 11 heteroatoms. The molecule has 4 aromatic rings. The first-order chi connectivity index (χ1) is 15.3. The van der Waals surface area contributed by atoms with Gasteiger partial charge in [0.25, 0.3) is 5.89 Å². The summed E-state index contributed by atoms with van der Waals surface area (Å²) in [6.45, 7) is 5.93. The fourth-order valence-corrected chi connectivity index (χ4v) is 3.68. The molecule has 0 unspecified atom stereocenters. The van der Waals surface area contributed by atoms with Gasteiger partial charge in [-0.05, 0) is 68.8 Å². The molecule has 0 atom stereocenters. The maximum atomic E-state index is 11.4. The predicted octanol–water partition coefficient (Wildman–Crippen LogP) is 2.98. The molecule has 2 heterocycles. The van der Waals surface area contributed by atoms with E-state index >= 15 is 0 Å². The van der Waals surface area contributed by atoms with Crippen molar-refractivity contribution in [1.29, 1.82) is 0 Å². The first-order valence-corrected chi connectivity index (χ1v) is 11.5. The lowest BCUT2D eigenvalue weighted by molar-refractivity contribution is 0.242. The van der Waals surface area contributed by atoms with E-state index in [-0.39, 0.29) is 16.9 Å². The van der Waals surface area contributed by atoms with Gasteiger partial charge in [0.1, 0.15) is 5.75 Å². The van der Waals surface area contributed by atoms with Crippen molar-refractivity contribution in [3.63, 3.8) is 0 Å². The van der Waals surface area contributed by atoms with Gasteiger partial charge in [-0.1, -0.05) is 17.3 Å². The molecular formula is C21H22N6O4S. The second-order valence-electron chi connectivity index (χ2n) is 7.30. The third-order valence-electron chi connectivity index (χ3n) is 4.62. The lowest BCUT2D eigenvalue weighted by atomic mass is 10.2. The van der Waals surface area contributed by atoms with Gasteiger partial charge in [-0.3, -0.25) is 0 Å². The van der Waals surface area contributed by atoms with Crippen LogP contribution < -0.4 is 9.88 Å². The Hall–Kier alpha value is -3.57. The summed E-state index contributed by atoms with van der Waals surface area (Å²) < 4.78 is 35.7. The molecule has 0 saturated carbocycles. The molecule has 0 spiro atoms. The molecule has 32 heavy (non-hydrogen) atoms. The summed E-state index contributed by atoms with van der Waals surface area (Å²) in [4.78, 5) is 4.42. The van der Waals surface area contributed by atoms with Crippen molar-refractivity contribution in [2.75, 3.05) is 0 Å². The van der Waals surface area contributed by atoms with E-state index in [1.165, 1.54) is 12.1 Å². The molecule has 0 aliphatic rings. The van der Waals surface area contributed by atoms with Gasteiger partial charge in [-0.25, -0.2) is 18.2 Å². The van der Waals surface area contributed by atoms with Crippen molar-refractivity contribution in [2.24, 2.45) is 5.14 Å². The number of hydrogen-bond acceptors (Lipinski definition) is 8. The summed E-state index contributed by atoms with van der Waals surface area (Å²) in [7, 11) is -3.77. The molecule has 0 saturated heterocycles. The molecule has 10 nitrogen and oxygen atoms in total. The first kappa shape index (κ1) is 21.7. The van der Waals surface area contributed by atoms with Crippen molar-refractivity contribution in [3.8, 4) is 34.4 Å². The van der Waals surface area contributed by atoms with E-state index in [0.29, 0.717) is 23.5 Å². The van der Waals surface area contributed by atoms with E-state index < -0.39 is 10.0 Å². The molecule has 0 bridgehead atoms. The van der Waals surface area contributed by atoms with Gasteiger partial charge < -0.3 is 9.26 Å². The minimum absolute atomic E-state index is 0.00555. The number of nitrogens with zero attached hydrogens (tertiary/aromatic N) is 5. The number of nitrogens with two attached hydrogens (primary N) is 1. The number of primary sulfonamides is 1. The van der Waals surface area contributed by atoms with Crippen LogP contribution in [-0.4, -0.2) is 39.7 Å². The quantitative estimate of drug-likeness (QED) is 0.449. The summed E-state index contributed by atoms with van der Waals surface area (Å²) in [6, 6.07) is 13.5. The zero-order valence-electron chi connectivity index (χ0n) is 17.8. The minimum atomic E-state index is -3.77. The predicted molar refractivity (Wildman–Crippen MR) is 117 cm³/mol. The molecule has 4 rings (SSSR count). The Morgan fingerprint density at radius 2 is 1.78 bits per heavy atom. The number of aromatic nitrogens is 5. The number of ether oxygens (including phenoxy) is 1. The third-order valence-corrected chi connectivity index (χ3v) is 5.55. The Kier molecular flexibility index (Phi) is 5.76. The highest BCUT2D eigenvalue weighted by Crippen LogP contribution is 2.26. The third kappa shape index (κ3) is 4.39. The Morgan fingerprint density at radius 1 is 1.09 bits per heavy atom. The number of sulfonamides is 1. The van der Waals surface area contributed by atoms with Gasteiger partial charge in [0.05, 0.1) is 22.4 Å². The van der Waals surface area contributed by atoms with E-state index in [2.05, 4.69) is 20.5 Å². The molecule has 0 fully saturated rings. The standard InChI is InChI=1S/C21H22N6O4S/c1-4-18-19(24-26-27(18)15-7-9-16(10-8-15)30-13(2)3)21-23-20(25-31-21)14-5-11-17(12-6-14)32(22,28)29/h5-13H,4H2,1-3H3,(H2,22,28,29). The topological polar surface area (TPSA) is 139 Å². The van der Waals surface area contributed by atoms with Crippen LogP contribution in [0.4, 0.5) is 0 Å². The summed E-state index contributed by atoms with van der Waals surface area (Å²) in [5.41, 5.74) is 2.70. The molecule has 0 amide bonds. The van der Waals surface area contributed by atoms with Gasteiger partial charge in [-0.15, -0.1) is 5.10 Å². The van der Waals surface area contributed by atoms with Crippen LogP contribution in [0, 0.1) is 0 Å². The Morgan fingerprint density at radius 3 is 2.38 bits per heavy atom. The molecule has 166 valence electrons. The second kappa shape index (κ2) is 8.52. The molecule has 0 radical (unpaired) electrons. The van der Waals surface area contributed by atoms with Crippen LogP contribution in [0.5, 0.6) is 5.75 Å². The van der Waals surface area contributed by atoms with Crippen molar-refractivity contribution < 1.29 is 17.7 Å². The second-order valence-corrected chi connectivity index (χ2v) is 8.86. The van der Waals surface area contributed by atoms with Crippen LogP contribution in [0.1, 0.15) is 26.5 Å². The van der Waals surface area contributed by atoms with Gasteiger partial charge in [-0.2, -0.15) is 4.98 Å². The minimum Gasteiger partial charge on any atom is -0.491 e.